The van der Waals surface area contributed by atoms with Gasteiger partial charge in [0.2, 0.25) is 10.0 Å². The number of carbonyl (C=O) groups excluding carboxylic acids is 1. The minimum atomic E-state index is -3.74. The second kappa shape index (κ2) is 6.62. The Labute approximate surface area is 146 Å². The highest BCUT2D eigenvalue weighted by Gasteiger charge is 2.33. The summed E-state index contributed by atoms with van der Waals surface area (Å²) < 4.78 is 36.1. The lowest BCUT2D eigenvalue weighted by atomic mass is 10.2. The van der Waals surface area contributed by atoms with Crippen molar-refractivity contribution in [3.8, 4) is 0 Å². The van der Waals surface area contributed by atoms with Crippen molar-refractivity contribution in [3.05, 3.63) is 35.9 Å². The van der Waals surface area contributed by atoms with Gasteiger partial charge in [-0.3, -0.25) is 9.48 Å². The Morgan fingerprint density at radius 2 is 2.20 bits per heavy atom. The largest absolute Gasteiger partial charge is 0.371 e. The highest BCUT2D eigenvalue weighted by atomic mass is 32.2. The number of aromatic nitrogens is 3. The first-order chi connectivity index (χ1) is 11.8. The summed E-state index contributed by atoms with van der Waals surface area (Å²) >= 11 is 0. The van der Waals surface area contributed by atoms with Crippen molar-refractivity contribution in [2.45, 2.75) is 24.5 Å². The molecule has 1 unspecified atom stereocenters. The molecule has 0 bridgehead atoms. The van der Waals surface area contributed by atoms with E-state index >= 15 is 0 Å². The summed E-state index contributed by atoms with van der Waals surface area (Å²) in [7, 11) is -2.16. The third kappa shape index (κ3) is 3.32. The van der Waals surface area contributed by atoms with E-state index in [2.05, 4.69) is 5.10 Å². The maximum absolute atomic E-state index is 12.9. The Morgan fingerprint density at radius 1 is 1.44 bits per heavy atom. The molecule has 1 saturated heterocycles. The molecule has 1 aliphatic heterocycles. The Hall–Kier alpha value is -2.17. The quantitative estimate of drug-likeness (QED) is 0.805. The number of carbonyl (C=O) groups is 1. The van der Waals surface area contributed by atoms with Gasteiger partial charge in [0.05, 0.1) is 18.9 Å². The number of nitrogens with two attached hydrogens (primary N) is 1. The average molecular weight is 367 g/mol. The summed E-state index contributed by atoms with van der Waals surface area (Å²) in [5.41, 5.74) is 6.25. The third-order valence-corrected chi connectivity index (χ3v) is 6.08. The van der Waals surface area contributed by atoms with Crippen molar-refractivity contribution in [2.24, 2.45) is 12.8 Å². The van der Waals surface area contributed by atoms with Crippen LogP contribution in [0.3, 0.4) is 0 Å². The predicted octanol–water partition coefficient (Wildman–Crippen LogP) is 0.103. The van der Waals surface area contributed by atoms with Crippen LogP contribution in [0.25, 0.3) is 0 Å². The van der Waals surface area contributed by atoms with Gasteiger partial charge in [-0.15, -0.1) is 0 Å². The standard InChI is InChI=1S/C15H21N5O4S/c1-3-19-8-11(7-17-19)14-10-20(4-5-24-14)25(22,23)12-6-13(15(16)21)18(2)9-12/h6-9,14H,3-5,10H2,1-2H3,(H2,16,21). The Bertz CT molecular complexity index is 886. The molecular weight excluding hydrogens is 346 g/mol. The number of primary amides is 1. The molecular formula is C15H21N5O4S. The minimum Gasteiger partial charge on any atom is -0.371 e. The molecule has 0 radical (unpaired) electrons. The van der Waals surface area contributed by atoms with Crippen LogP contribution in [0.15, 0.2) is 29.6 Å². The van der Waals surface area contributed by atoms with Crippen LogP contribution >= 0.6 is 0 Å². The zero-order chi connectivity index (χ0) is 18.2. The van der Waals surface area contributed by atoms with Crippen molar-refractivity contribution in [1.29, 1.82) is 0 Å². The fourth-order valence-corrected chi connectivity index (χ4v) is 4.33. The van der Waals surface area contributed by atoms with E-state index in [1.807, 2.05) is 13.1 Å². The molecule has 1 amide bonds. The number of aryl methyl sites for hydroxylation is 2. The smallest absolute Gasteiger partial charge is 0.265 e. The molecule has 1 fully saturated rings. The second-order valence-corrected chi connectivity index (χ2v) is 7.83. The molecule has 25 heavy (non-hydrogen) atoms. The number of nitrogens with zero attached hydrogens (tertiary/aromatic N) is 4. The fourth-order valence-electron chi connectivity index (χ4n) is 2.83. The van der Waals surface area contributed by atoms with Gasteiger partial charge in [-0.05, 0) is 13.0 Å². The molecule has 3 heterocycles. The van der Waals surface area contributed by atoms with E-state index in [9.17, 15) is 13.2 Å². The lowest BCUT2D eigenvalue weighted by molar-refractivity contribution is -0.00260. The molecule has 0 spiro atoms. The molecule has 2 N–H and O–H groups in total. The number of morpholine rings is 1. The molecule has 0 aromatic carbocycles. The third-order valence-electron chi connectivity index (χ3n) is 4.25. The van der Waals surface area contributed by atoms with Crippen LogP contribution in [0, 0.1) is 0 Å². The Balaban J connectivity index is 1.84. The second-order valence-electron chi connectivity index (χ2n) is 5.89. The summed E-state index contributed by atoms with van der Waals surface area (Å²) in [5.74, 6) is -0.671. The van der Waals surface area contributed by atoms with Crippen LogP contribution in [0.2, 0.25) is 0 Å². The number of sulfonamides is 1. The van der Waals surface area contributed by atoms with Gasteiger partial charge in [-0.2, -0.15) is 9.40 Å². The minimum absolute atomic E-state index is 0.0497. The van der Waals surface area contributed by atoms with E-state index in [1.165, 1.54) is 21.1 Å². The normalized spacial score (nSPS) is 19.2. The lowest BCUT2D eigenvalue weighted by Crippen LogP contribution is -2.42. The summed E-state index contributed by atoms with van der Waals surface area (Å²) in [5, 5.41) is 4.20. The topological polar surface area (TPSA) is 112 Å². The van der Waals surface area contributed by atoms with Crippen molar-refractivity contribution >= 4 is 15.9 Å². The molecule has 136 valence electrons. The first kappa shape index (κ1) is 17.6. The van der Waals surface area contributed by atoms with E-state index < -0.39 is 15.9 Å². The number of hydrogen-bond donors (Lipinski definition) is 1. The van der Waals surface area contributed by atoms with Gasteiger partial charge in [-0.1, -0.05) is 0 Å². The number of amides is 1. The van der Waals surface area contributed by atoms with Crippen molar-refractivity contribution in [2.75, 3.05) is 19.7 Å². The SMILES string of the molecule is CCn1cc(C2CN(S(=O)(=O)c3cc(C(N)=O)n(C)c3)CCO2)cn1. The van der Waals surface area contributed by atoms with Crippen LogP contribution in [-0.2, 0) is 28.4 Å². The predicted molar refractivity (Wildman–Crippen MR) is 89.3 cm³/mol. The van der Waals surface area contributed by atoms with Crippen LogP contribution in [0.1, 0.15) is 29.1 Å². The maximum Gasteiger partial charge on any atom is 0.265 e. The van der Waals surface area contributed by atoms with E-state index in [-0.39, 0.29) is 36.4 Å². The van der Waals surface area contributed by atoms with Crippen molar-refractivity contribution < 1.29 is 17.9 Å². The zero-order valence-electron chi connectivity index (χ0n) is 14.1. The summed E-state index contributed by atoms with van der Waals surface area (Å²) in [6.45, 7) is 3.44. The highest BCUT2D eigenvalue weighted by Crippen LogP contribution is 2.27. The molecule has 0 aliphatic carbocycles. The lowest BCUT2D eigenvalue weighted by Gasteiger charge is -2.31. The average Bonchev–Trinajstić information content (AvgIpc) is 3.21. The molecule has 9 nitrogen and oxygen atoms in total. The molecule has 1 atom stereocenters. The van der Waals surface area contributed by atoms with Gasteiger partial charge in [-0.25, -0.2) is 8.42 Å². The van der Waals surface area contributed by atoms with Crippen molar-refractivity contribution in [1.82, 2.24) is 18.7 Å². The van der Waals surface area contributed by atoms with E-state index in [1.54, 1.807) is 17.9 Å². The number of ether oxygens (including phenoxy) is 1. The molecule has 2 aromatic heterocycles. The summed E-state index contributed by atoms with van der Waals surface area (Å²) in [6, 6.07) is 1.30. The van der Waals surface area contributed by atoms with Gasteiger partial charge in [0.15, 0.2) is 0 Å². The summed E-state index contributed by atoms with van der Waals surface area (Å²) in [6.07, 6.45) is 4.57. The van der Waals surface area contributed by atoms with Crippen LogP contribution < -0.4 is 5.73 Å². The first-order valence-electron chi connectivity index (χ1n) is 7.93. The number of rotatable bonds is 5. The molecule has 2 aromatic rings. The van der Waals surface area contributed by atoms with Gasteiger partial charge in [0.25, 0.3) is 5.91 Å². The monoisotopic (exact) mass is 367 g/mol. The molecule has 1 aliphatic rings. The summed E-state index contributed by atoms with van der Waals surface area (Å²) in [4.78, 5) is 11.4. The zero-order valence-corrected chi connectivity index (χ0v) is 14.9. The van der Waals surface area contributed by atoms with Gasteiger partial charge < -0.3 is 15.0 Å². The van der Waals surface area contributed by atoms with Crippen LogP contribution in [0.4, 0.5) is 0 Å². The van der Waals surface area contributed by atoms with E-state index in [0.29, 0.717) is 0 Å². The van der Waals surface area contributed by atoms with E-state index in [4.69, 9.17) is 10.5 Å². The fraction of sp³-hybridized carbons (Fsp3) is 0.467. The maximum atomic E-state index is 12.9. The van der Waals surface area contributed by atoms with Crippen molar-refractivity contribution in [3.63, 3.8) is 0 Å². The Morgan fingerprint density at radius 3 is 2.80 bits per heavy atom. The van der Waals surface area contributed by atoms with Gasteiger partial charge >= 0.3 is 0 Å². The molecule has 10 heteroatoms. The van der Waals surface area contributed by atoms with E-state index in [0.717, 1.165) is 12.1 Å². The highest BCUT2D eigenvalue weighted by molar-refractivity contribution is 7.89. The molecule has 0 saturated carbocycles. The van der Waals surface area contributed by atoms with Gasteiger partial charge in [0, 0.05) is 44.6 Å². The molecule has 3 rings (SSSR count). The number of hydrogen-bond acceptors (Lipinski definition) is 5. The van der Waals surface area contributed by atoms with Crippen LogP contribution in [0.5, 0.6) is 0 Å². The Kier molecular flexibility index (Phi) is 4.67. The van der Waals surface area contributed by atoms with Gasteiger partial charge in [0.1, 0.15) is 10.6 Å². The van der Waals surface area contributed by atoms with Crippen LogP contribution in [-0.4, -0.2) is 52.7 Å². The first-order valence-corrected chi connectivity index (χ1v) is 9.37.